The predicted octanol–water partition coefficient (Wildman–Crippen LogP) is 3.55. The van der Waals surface area contributed by atoms with Gasteiger partial charge in [0.15, 0.2) is 8.29 Å². The molecule has 0 radical (unpaired) electrons. The monoisotopic (exact) mass is 322 g/mol. The molecule has 0 aliphatic carbocycles. The zero-order valence-electron chi connectivity index (χ0n) is 10.5. The van der Waals surface area contributed by atoms with Gasteiger partial charge >= 0.3 is 0 Å². The van der Waals surface area contributed by atoms with Crippen LogP contribution < -0.4 is 0 Å². The average Bonchev–Trinajstić information content (AvgIpc) is 3.05. The predicted molar refractivity (Wildman–Crippen MR) is 81.2 cm³/mol. The Balaban J connectivity index is 1.70. The maximum absolute atomic E-state index is 5.24. The molecule has 2 aromatic heterocycles. The summed E-state index contributed by atoms with van der Waals surface area (Å²) in [5, 5.41) is 8.27. The van der Waals surface area contributed by atoms with Crippen molar-refractivity contribution in [2.24, 2.45) is 7.05 Å². The third kappa shape index (κ3) is 2.97. The Morgan fingerprint density at radius 3 is 2.85 bits per heavy atom. The Morgan fingerprint density at radius 1 is 1.35 bits per heavy atom. The van der Waals surface area contributed by atoms with Crippen molar-refractivity contribution in [1.29, 1.82) is 0 Å². The molecule has 5 nitrogen and oxygen atoms in total. The van der Waals surface area contributed by atoms with E-state index in [1.165, 1.54) is 11.3 Å². The van der Waals surface area contributed by atoms with Gasteiger partial charge in [0.05, 0.1) is 5.75 Å². The van der Waals surface area contributed by atoms with Crippen molar-refractivity contribution in [2.45, 2.75) is 10.1 Å². The summed E-state index contributed by atoms with van der Waals surface area (Å²) in [7, 11) is 1.84. The van der Waals surface area contributed by atoms with Crippen LogP contribution in [0.3, 0.4) is 0 Å². The molecule has 0 atom stereocenters. The number of benzene rings is 1. The normalized spacial score (nSPS) is 10.8. The van der Waals surface area contributed by atoms with Crippen LogP contribution in [0.5, 0.6) is 0 Å². The van der Waals surface area contributed by atoms with Crippen molar-refractivity contribution < 1.29 is 4.52 Å². The topological polar surface area (TPSA) is 56.7 Å². The Bertz CT molecular complexity index is 762. The van der Waals surface area contributed by atoms with Crippen LogP contribution in [0.1, 0.15) is 5.89 Å². The summed E-state index contributed by atoms with van der Waals surface area (Å²) in [5.41, 5.74) is 0.945. The minimum Gasteiger partial charge on any atom is -0.338 e. The molecule has 3 aromatic rings. The summed E-state index contributed by atoms with van der Waals surface area (Å²) in [6.07, 6.45) is 0. The van der Waals surface area contributed by atoms with E-state index in [-0.39, 0.29) is 0 Å². The highest BCUT2D eigenvalue weighted by molar-refractivity contribution is 8.00. The van der Waals surface area contributed by atoms with E-state index in [1.54, 1.807) is 16.4 Å². The van der Waals surface area contributed by atoms with Crippen molar-refractivity contribution in [2.75, 3.05) is 0 Å². The molecule has 0 N–H and O–H groups in total. The number of aryl methyl sites for hydroxylation is 1. The molecule has 0 spiro atoms. The molecule has 8 heteroatoms. The maximum Gasteiger partial charge on any atom is 0.237 e. The zero-order valence-corrected chi connectivity index (χ0v) is 13.0. The quantitative estimate of drug-likeness (QED) is 0.541. The summed E-state index contributed by atoms with van der Waals surface area (Å²) in [6, 6.07) is 9.74. The van der Waals surface area contributed by atoms with Crippen molar-refractivity contribution in [3.8, 4) is 11.4 Å². The standard InChI is InChI=1S/C12H10N4OS3/c1-16-12(18)20-11(14-16)19-7-9-13-10(15-17-9)8-5-3-2-4-6-8/h2-6H,7H2,1H3. The van der Waals surface area contributed by atoms with E-state index in [0.717, 1.165) is 13.9 Å². The Kier molecular flexibility index (Phi) is 3.95. The Labute approximate surface area is 128 Å². The van der Waals surface area contributed by atoms with Crippen LogP contribution in [-0.4, -0.2) is 19.9 Å². The highest BCUT2D eigenvalue weighted by Crippen LogP contribution is 2.25. The molecule has 102 valence electrons. The van der Waals surface area contributed by atoms with Gasteiger partial charge in [0.25, 0.3) is 0 Å². The number of hydrogen-bond acceptors (Lipinski definition) is 7. The zero-order chi connectivity index (χ0) is 13.9. The highest BCUT2D eigenvalue weighted by Gasteiger charge is 2.10. The number of nitrogens with zero attached hydrogens (tertiary/aromatic N) is 4. The van der Waals surface area contributed by atoms with E-state index in [9.17, 15) is 0 Å². The van der Waals surface area contributed by atoms with Gasteiger partial charge in [-0.1, -0.05) is 58.6 Å². The molecule has 20 heavy (non-hydrogen) atoms. The maximum atomic E-state index is 5.24. The highest BCUT2D eigenvalue weighted by atomic mass is 32.2. The lowest BCUT2D eigenvalue weighted by molar-refractivity contribution is 0.391. The largest absolute Gasteiger partial charge is 0.338 e. The molecule has 2 heterocycles. The van der Waals surface area contributed by atoms with Gasteiger partial charge < -0.3 is 4.52 Å². The third-order valence-corrected chi connectivity index (χ3v) is 5.02. The second-order valence-electron chi connectivity index (χ2n) is 3.92. The van der Waals surface area contributed by atoms with Gasteiger partial charge in [-0.05, 0) is 12.2 Å². The van der Waals surface area contributed by atoms with Gasteiger partial charge in [0.1, 0.15) is 0 Å². The summed E-state index contributed by atoms with van der Waals surface area (Å²) in [6.45, 7) is 0. The molecule has 0 aliphatic heterocycles. The van der Waals surface area contributed by atoms with Gasteiger partial charge in [-0.2, -0.15) is 10.1 Å². The molecule has 0 unspecified atom stereocenters. The lowest BCUT2D eigenvalue weighted by Gasteiger charge is -1.91. The van der Waals surface area contributed by atoms with E-state index >= 15 is 0 Å². The minimum atomic E-state index is 0.581. The minimum absolute atomic E-state index is 0.581. The Morgan fingerprint density at radius 2 is 2.15 bits per heavy atom. The first kappa shape index (κ1) is 13.5. The second kappa shape index (κ2) is 5.86. The molecule has 0 amide bonds. The van der Waals surface area contributed by atoms with Crippen molar-refractivity contribution in [3.05, 3.63) is 40.2 Å². The third-order valence-electron chi connectivity index (χ3n) is 2.49. The van der Waals surface area contributed by atoms with Gasteiger partial charge in [-0.25, -0.2) is 4.68 Å². The molecule has 1 aromatic carbocycles. The Hall–Kier alpha value is -1.51. The van der Waals surface area contributed by atoms with Crippen LogP contribution in [0.2, 0.25) is 0 Å². The fourth-order valence-electron chi connectivity index (χ4n) is 1.52. The van der Waals surface area contributed by atoms with E-state index in [1.807, 2.05) is 37.4 Å². The van der Waals surface area contributed by atoms with Crippen molar-refractivity contribution in [1.82, 2.24) is 19.9 Å². The molecule has 0 saturated heterocycles. The van der Waals surface area contributed by atoms with Crippen LogP contribution in [-0.2, 0) is 12.8 Å². The van der Waals surface area contributed by atoms with Crippen LogP contribution in [0.4, 0.5) is 0 Å². The van der Waals surface area contributed by atoms with Crippen LogP contribution >= 0.6 is 35.3 Å². The second-order valence-corrected chi connectivity index (χ2v) is 6.77. The molecular weight excluding hydrogens is 312 g/mol. The molecule has 0 bridgehead atoms. The van der Waals surface area contributed by atoms with Crippen molar-refractivity contribution in [3.63, 3.8) is 0 Å². The average molecular weight is 322 g/mol. The smallest absolute Gasteiger partial charge is 0.237 e. The first-order valence-electron chi connectivity index (χ1n) is 5.77. The first-order chi connectivity index (χ1) is 9.72. The first-order valence-corrected chi connectivity index (χ1v) is 7.98. The summed E-state index contributed by atoms with van der Waals surface area (Å²) in [5.74, 6) is 1.77. The molecular formula is C12H10N4OS3. The SMILES string of the molecule is Cn1nc(SCc2nc(-c3ccccc3)no2)sc1=S. The molecule has 0 saturated carbocycles. The van der Waals surface area contributed by atoms with Crippen LogP contribution in [0.15, 0.2) is 39.2 Å². The summed E-state index contributed by atoms with van der Waals surface area (Å²) in [4.78, 5) is 4.37. The molecule has 0 fully saturated rings. The summed E-state index contributed by atoms with van der Waals surface area (Å²) >= 11 is 8.14. The number of hydrogen-bond donors (Lipinski definition) is 0. The van der Waals surface area contributed by atoms with Crippen LogP contribution in [0.25, 0.3) is 11.4 Å². The van der Waals surface area contributed by atoms with E-state index in [0.29, 0.717) is 17.5 Å². The summed E-state index contributed by atoms with van der Waals surface area (Å²) < 4.78 is 8.58. The number of thioether (sulfide) groups is 1. The number of aromatic nitrogens is 4. The lowest BCUT2D eigenvalue weighted by atomic mass is 10.2. The lowest BCUT2D eigenvalue weighted by Crippen LogP contribution is -1.89. The molecule has 0 aliphatic rings. The fourth-order valence-corrected chi connectivity index (χ4v) is 3.64. The van der Waals surface area contributed by atoms with Gasteiger partial charge in [0, 0.05) is 12.6 Å². The van der Waals surface area contributed by atoms with Gasteiger partial charge in [-0.15, -0.1) is 0 Å². The van der Waals surface area contributed by atoms with Crippen molar-refractivity contribution >= 4 is 35.3 Å². The van der Waals surface area contributed by atoms with E-state index in [4.69, 9.17) is 16.7 Å². The van der Waals surface area contributed by atoms with E-state index in [2.05, 4.69) is 15.2 Å². The van der Waals surface area contributed by atoms with E-state index < -0.39 is 0 Å². The molecule has 3 rings (SSSR count). The number of rotatable bonds is 4. The van der Waals surface area contributed by atoms with Gasteiger partial charge in [0.2, 0.25) is 11.7 Å². The van der Waals surface area contributed by atoms with Crippen LogP contribution in [0, 0.1) is 3.95 Å². The fraction of sp³-hybridized carbons (Fsp3) is 0.167. The van der Waals surface area contributed by atoms with Gasteiger partial charge in [-0.3, -0.25) is 0 Å².